The Balaban J connectivity index is 1.54. The highest BCUT2D eigenvalue weighted by atomic mass is 32.2. The number of aryl methyl sites for hydroxylation is 1. The quantitative estimate of drug-likeness (QED) is 0.731. The van der Waals surface area contributed by atoms with Gasteiger partial charge in [0.15, 0.2) is 0 Å². The Morgan fingerprint density at radius 2 is 1.93 bits per heavy atom. The van der Waals surface area contributed by atoms with Crippen molar-refractivity contribution in [3.63, 3.8) is 0 Å². The second-order valence-corrected chi connectivity index (χ2v) is 9.76. The van der Waals surface area contributed by atoms with Crippen LogP contribution in [0, 0.1) is 5.41 Å². The van der Waals surface area contributed by atoms with Crippen LogP contribution in [0.4, 0.5) is 0 Å². The monoisotopic (exact) mass is 407 g/mol. The van der Waals surface area contributed by atoms with Crippen LogP contribution in [-0.2, 0) is 26.0 Å². The SMILES string of the molecule is CS(=O)(=O)NCC(=O)N1CC[C@]2(CCCN(CCCc3ccccc3)C2=O)C1. The molecule has 1 spiro atoms. The molecule has 1 N–H and O–H groups in total. The summed E-state index contributed by atoms with van der Waals surface area (Å²) in [4.78, 5) is 29.0. The van der Waals surface area contributed by atoms with E-state index in [2.05, 4.69) is 16.9 Å². The van der Waals surface area contributed by atoms with E-state index >= 15 is 0 Å². The van der Waals surface area contributed by atoms with Gasteiger partial charge in [0.05, 0.1) is 18.2 Å². The maximum atomic E-state index is 13.2. The first-order valence-corrected chi connectivity index (χ1v) is 11.7. The van der Waals surface area contributed by atoms with Crippen molar-refractivity contribution in [3.8, 4) is 0 Å². The molecule has 2 aliphatic heterocycles. The van der Waals surface area contributed by atoms with E-state index in [0.29, 0.717) is 19.5 Å². The highest BCUT2D eigenvalue weighted by molar-refractivity contribution is 7.88. The molecule has 8 heteroatoms. The van der Waals surface area contributed by atoms with E-state index in [1.807, 2.05) is 23.1 Å². The average Bonchev–Trinajstić information content (AvgIpc) is 3.09. The molecule has 0 bridgehead atoms. The third-order valence-corrected chi connectivity index (χ3v) is 6.42. The first-order valence-electron chi connectivity index (χ1n) is 9.85. The van der Waals surface area contributed by atoms with Gasteiger partial charge in [-0.1, -0.05) is 30.3 Å². The molecule has 1 aromatic rings. The number of nitrogens with one attached hydrogen (secondary N) is 1. The summed E-state index contributed by atoms with van der Waals surface area (Å²) >= 11 is 0. The molecule has 28 heavy (non-hydrogen) atoms. The minimum absolute atomic E-state index is 0.151. The van der Waals surface area contributed by atoms with Gasteiger partial charge in [-0.2, -0.15) is 0 Å². The van der Waals surface area contributed by atoms with Gasteiger partial charge in [0, 0.05) is 26.2 Å². The average molecular weight is 408 g/mol. The summed E-state index contributed by atoms with van der Waals surface area (Å²) < 4.78 is 24.6. The Morgan fingerprint density at radius 3 is 2.64 bits per heavy atom. The second-order valence-electron chi connectivity index (χ2n) is 7.92. The molecule has 2 heterocycles. The third kappa shape index (κ3) is 5.11. The molecule has 7 nitrogen and oxygen atoms in total. The highest BCUT2D eigenvalue weighted by Crippen LogP contribution is 2.40. The largest absolute Gasteiger partial charge is 0.342 e. The van der Waals surface area contributed by atoms with Gasteiger partial charge in [0.2, 0.25) is 21.8 Å². The smallest absolute Gasteiger partial charge is 0.237 e. The molecule has 0 radical (unpaired) electrons. The number of rotatable bonds is 7. The fourth-order valence-electron chi connectivity index (χ4n) is 4.25. The molecule has 0 aromatic heterocycles. The number of amides is 2. The fourth-order valence-corrected chi connectivity index (χ4v) is 4.64. The first kappa shape index (κ1) is 20.8. The molecule has 1 aromatic carbocycles. The third-order valence-electron chi connectivity index (χ3n) is 5.75. The van der Waals surface area contributed by atoms with Crippen molar-refractivity contribution >= 4 is 21.8 Å². The fraction of sp³-hybridized carbons (Fsp3) is 0.600. The van der Waals surface area contributed by atoms with E-state index in [0.717, 1.165) is 45.0 Å². The summed E-state index contributed by atoms with van der Waals surface area (Å²) in [6.07, 6.45) is 5.30. The zero-order valence-corrected chi connectivity index (χ0v) is 17.2. The molecule has 0 saturated carbocycles. The normalized spacial score (nSPS) is 22.8. The van der Waals surface area contributed by atoms with Crippen molar-refractivity contribution in [1.29, 1.82) is 0 Å². The lowest BCUT2D eigenvalue weighted by atomic mass is 9.78. The minimum Gasteiger partial charge on any atom is -0.342 e. The minimum atomic E-state index is -3.41. The van der Waals surface area contributed by atoms with Crippen LogP contribution in [0.3, 0.4) is 0 Å². The van der Waals surface area contributed by atoms with Crippen molar-refractivity contribution in [2.75, 3.05) is 39.0 Å². The molecule has 154 valence electrons. The number of carbonyl (C=O) groups is 2. The zero-order chi connectivity index (χ0) is 20.2. The number of benzene rings is 1. The standard InChI is InChI=1S/C20H29N3O4S/c1-28(26,27)21-15-18(24)23-14-11-20(16-23)10-6-13-22(19(20)25)12-5-9-17-7-3-2-4-8-17/h2-4,7-8,21H,5-6,9-16H2,1H3/t20-/m1/s1. The summed E-state index contributed by atoms with van der Waals surface area (Å²) in [5.41, 5.74) is 0.781. The maximum absolute atomic E-state index is 13.2. The summed E-state index contributed by atoms with van der Waals surface area (Å²) in [7, 11) is -3.41. The Kier molecular flexibility index (Phi) is 6.40. The van der Waals surface area contributed by atoms with Gasteiger partial charge in [-0.15, -0.1) is 0 Å². The van der Waals surface area contributed by atoms with Crippen LogP contribution in [0.5, 0.6) is 0 Å². The Bertz CT molecular complexity index is 812. The van der Waals surface area contributed by atoms with Crippen molar-refractivity contribution in [1.82, 2.24) is 14.5 Å². The van der Waals surface area contributed by atoms with E-state index in [-0.39, 0.29) is 18.4 Å². The second kappa shape index (κ2) is 8.61. The summed E-state index contributed by atoms with van der Waals surface area (Å²) in [6.45, 7) is 2.17. The predicted octanol–water partition coefficient (Wildman–Crippen LogP) is 1.01. The van der Waals surface area contributed by atoms with Crippen LogP contribution in [0.15, 0.2) is 30.3 Å². The van der Waals surface area contributed by atoms with Gasteiger partial charge >= 0.3 is 0 Å². The Labute approximate surface area is 167 Å². The molecule has 0 aliphatic carbocycles. The lowest BCUT2D eigenvalue weighted by Crippen LogP contribution is -2.51. The lowest BCUT2D eigenvalue weighted by molar-refractivity contribution is -0.146. The van der Waals surface area contributed by atoms with Crippen molar-refractivity contribution < 1.29 is 18.0 Å². The maximum Gasteiger partial charge on any atom is 0.237 e. The van der Waals surface area contributed by atoms with Crippen LogP contribution in [0.25, 0.3) is 0 Å². The molecule has 2 aliphatic rings. The van der Waals surface area contributed by atoms with Gasteiger partial charge in [-0.05, 0) is 37.7 Å². The number of likely N-dealkylation sites (tertiary alicyclic amines) is 2. The van der Waals surface area contributed by atoms with Crippen molar-refractivity contribution in [2.45, 2.75) is 32.1 Å². The van der Waals surface area contributed by atoms with Crippen LogP contribution in [-0.4, -0.2) is 69.0 Å². The number of hydrogen-bond acceptors (Lipinski definition) is 4. The van der Waals surface area contributed by atoms with Crippen molar-refractivity contribution in [2.24, 2.45) is 5.41 Å². The van der Waals surface area contributed by atoms with E-state index < -0.39 is 15.4 Å². The summed E-state index contributed by atoms with van der Waals surface area (Å²) in [6, 6.07) is 10.3. The topological polar surface area (TPSA) is 86.8 Å². The Hall–Kier alpha value is -1.93. The molecule has 2 fully saturated rings. The number of carbonyl (C=O) groups excluding carboxylic acids is 2. The molecule has 1 atom stereocenters. The van der Waals surface area contributed by atoms with Gasteiger partial charge in [-0.25, -0.2) is 13.1 Å². The van der Waals surface area contributed by atoms with E-state index in [9.17, 15) is 18.0 Å². The number of sulfonamides is 1. The predicted molar refractivity (Wildman–Crippen MR) is 107 cm³/mol. The highest BCUT2D eigenvalue weighted by Gasteiger charge is 2.49. The number of piperidine rings is 1. The molecule has 3 rings (SSSR count). The van der Waals surface area contributed by atoms with Crippen molar-refractivity contribution in [3.05, 3.63) is 35.9 Å². The Morgan fingerprint density at radius 1 is 1.18 bits per heavy atom. The molecular weight excluding hydrogens is 378 g/mol. The van der Waals surface area contributed by atoms with E-state index in [1.165, 1.54) is 5.56 Å². The van der Waals surface area contributed by atoms with Crippen LogP contribution < -0.4 is 4.72 Å². The summed E-state index contributed by atoms with van der Waals surface area (Å²) in [5, 5.41) is 0. The van der Waals surface area contributed by atoms with Gasteiger partial charge in [0.1, 0.15) is 0 Å². The molecule has 2 amide bonds. The summed E-state index contributed by atoms with van der Waals surface area (Å²) in [5.74, 6) is -0.116. The molecule has 2 saturated heterocycles. The van der Waals surface area contributed by atoms with Gasteiger partial charge < -0.3 is 9.80 Å². The lowest BCUT2D eigenvalue weighted by Gasteiger charge is -2.39. The number of nitrogens with zero attached hydrogens (tertiary/aromatic N) is 2. The van der Waals surface area contributed by atoms with E-state index in [4.69, 9.17) is 0 Å². The number of hydrogen-bond donors (Lipinski definition) is 1. The van der Waals surface area contributed by atoms with Crippen LogP contribution >= 0.6 is 0 Å². The zero-order valence-electron chi connectivity index (χ0n) is 16.4. The van der Waals surface area contributed by atoms with Gasteiger partial charge in [-0.3, -0.25) is 9.59 Å². The van der Waals surface area contributed by atoms with E-state index in [1.54, 1.807) is 4.90 Å². The van der Waals surface area contributed by atoms with Crippen LogP contribution in [0.1, 0.15) is 31.2 Å². The molecule has 0 unspecified atom stereocenters. The molecular formula is C20H29N3O4S. The first-order chi connectivity index (χ1) is 13.3. The van der Waals surface area contributed by atoms with Crippen LogP contribution in [0.2, 0.25) is 0 Å². The van der Waals surface area contributed by atoms with Gasteiger partial charge in [0.25, 0.3) is 0 Å².